The quantitative estimate of drug-likeness (QED) is 0.182. The Balaban J connectivity index is 1.16. The predicted molar refractivity (Wildman–Crippen MR) is 229 cm³/mol. The van der Waals surface area contributed by atoms with E-state index in [-0.39, 0.29) is 0 Å². The summed E-state index contributed by atoms with van der Waals surface area (Å²) < 4.78 is 2.44. The first kappa shape index (κ1) is 31.0. The molecule has 0 aliphatic heterocycles. The first-order valence-electron chi connectivity index (χ1n) is 19.2. The third kappa shape index (κ3) is 4.28. The van der Waals surface area contributed by atoms with Crippen molar-refractivity contribution in [2.75, 3.05) is 0 Å². The molecule has 0 bridgehead atoms. The Labute approximate surface area is 324 Å². The first-order chi connectivity index (χ1) is 27.8. The smallest absolute Gasteiger partial charge is 0.160 e. The number of para-hydroxylation sites is 2. The zero-order chi connectivity index (χ0) is 36.8. The normalized spacial score (nSPS) is 14.9. The van der Waals surface area contributed by atoms with E-state index in [1.807, 2.05) is 24.3 Å². The molecule has 3 heteroatoms. The Kier molecular flexibility index (Phi) is 6.55. The maximum Gasteiger partial charge on any atom is 0.160 e. The Hall–Kier alpha value is -7.36. The molecule has 1 atom stereocenters. The van der Waals surface area contributed by atoms with Crippen LogP contribution in [0, 0.1) is 0 Å². The van der Waals surface area contributed by atoms with Crippen LogP contribution in [0.15, 0.2) is 200 Å². The number of fused-ring (bicyclic) bond motifs is 13. The molecule has 0 saturated heterocycles. The summed E-state index contributed by atoms with van der Waals surface area (Å²) >= 11 is 0. The Bertz CT molecular complexity index is 3120. The van der Waals surface area contributed by atoms with Gasteiger partial charge in [-0.25, -0.2) is 9.97 Å². The Morgan fingerprint density at radius 2 is 0.893 bits per heavy atom. The van der Waals surface area contributed by atoms with Crippen molar-refractivity contribution in [2.24, 2.45) is 0 Å². The molecule has 0 saturated carbocycles. The molecule has 0 amide bonds. The second-order valence-electron chi connectivity index (χ2n) is 14.9. The van der Waals surface area contributed by atoms with E-state index in [9.17, 15) is 0 Å². The Morgan fingerprint density at radius 1 is 0.339 bits per heavy atom. The summed E-state index contributed by atoms with van der Waals surface area (Å²) in [5, 5.41) is 2.52. The summed E-state index contributed by atoms with van der Waals surface area (Å²) in [6.45, 7) is 0. The van der Waals surface area contributed by atoms with Gasteiger partial charge in [-0.15, -0.1) is 0 Å². The second-order valence-corrected chi connectivity index (χ2v) is 14.9. The van der Waals surface area contributed by atoms with E-state index in [1.54, 1.807) is 0 Å². The molecule has 1 unspecified atom stereocenters. The monoisotopic (exact) mass is 711 g/mol. The summed E-state index contributed by atoms with van der Waals surface area (Å²) in [6.07, 6.45) is 0. The van der Waals surface area contributed by atoms with Crippen LogP contribution in [0.2, 0.25) is 0 Å². The number of benzene rings is 8. The van der Waals surface area contributed by atoms with Gasteiger partial charge in [-0.1, -0.05) is 158 Å². The summed E-state index contributed by atoms with van der Waals surface area (Å²) in [6, 6.07) is 72.5. The molecule has 10 aromatic rings. The highest BCUT2D eigenvalue weighted by atomic mass is 15.0. The fraction of sp³-hybridized carbons (Fsp3) is 0.0189. The van der Waals surface area contributed by atoms with Gasteiger partial charge in [-0.2, -0.15) is 0 Å². The van der Waals surface area contributed by atoms with Crippen molar-refractivity contribution in [3.8, 4) is 61.8 Å². The number of rotatable bonds is 4. The van der Waals surface area contributed by atoms with Gasteiger partial charge in [0, 0.05) is 33.2 Å². The molecular formula is C53H33N3. The van der Waals surface area contributed by atoms with Crippen molar-refractivity contribution in [1.82, 2.24) is 14.5 Å². The fourth-order valence-electron chi connectivity index (χ4n) is 9.68. The van der Waals surface area contributed by atoms with Crippen LogP contribution in [0.3, 0.4) is 0 Å². The topological polar surface area (TPSA) is 30.7 Å². The highest BCUT2D eigenvalue weighted by Gasteiger charge is 2.52. The van der Waals surface area contributed by atoms with Gasteiger partial charge < -0.3 is 4.57 Å². The molecule has 0 radical (unpaired) electrons. The van der Waals surface area contributed by atoms with Crippen LogP contribution in [0.5, 0.6) is 0 Å². The molecule has 260 valence electrons. The van der Waals surface area contributed by atoms with Crippen molar-refractivity contribution in [1.29, 1.82) is 0 Å². The molecule has 0 N–H and O–H groups in total. The molecule has 3 nitrogen and oxygen atoms in total. The van der Waals surface area contributed by atoms with Crippen molar-refractivity contribution >= 4 is 21.8 Å². The Morgan fingerprint density at radius 3 is 1.62 bits per heavy atom. The molecule has 0 fully saturated rings. The van der Waals surface area contributed by atoms with Gasteiger partial charge in [-0.05, 0) is 87.0 Å². The van der Waals surface area contributed by atoms with Crippen LogP contribution >= 0.6 is 0 Å². The number of hydrogen-bond acceptors (Lipinski definition) is 2. The summed E-state index contributed by atoms with van der Waals surface area (Å²) in [7, 11) is 0. The maximum absolute atomic E-state index is 5.27. The van der Waals surface area contributed by atoms with E-state index in [0.29, 0.717) is 5.82 Å². The van der Waals surface area contributed by atoms with E-state index in [1.165, 1.54) is 66.3 Å². The molecule has 12 rings (SSSR count). The average Bonchev–Trinajstić information content (AvgIpc) is 3.87. The van der Waals surface area contributed by atoms with E-state index in [0.717, 1.165) is 33.8 Å². The van der Waals surface area contributed by atoms with Crippen LogP contribution in [0.4, 0.5) is 0 Å². The lowest BCUT2D eigenvalue weighted by molar-refractivity contribution is 0.794. The predicted octanol–water partition coefficient (Wildman–Crippen LogP) is 12.9. The number of aromatic nitrogens is 3. The zero-order valence-electron chi connectivity index (χ0n) is 30.4. The summed E-state index contributed by atoms with van der Waals surface area (Å²) in [5.41, 5.74) is 18.3. The van der Waals surface area contributed by atoms with Crippen molar-refractivity contribution in [2.45, 2.75) is 5.41 Å². The third-order valence-electron chi connectivity index (χ3n) is 12.0. The third-order valence-corrected chi connectivity index (χ3v) is 12.0. The standard InChI is InChI=1S/C53H33N3/c1-4-16-34(17-5-1)48-33-49(55-52(54-48)35-18-6-2-7-19-35)36-28-29-40-38-22-10-13-25-44(38)53(46(40)30-36)45-26-14-11-23-39(45)42-31-43-41-24-12-15-27-50(41)56(51(43)32-47(42)53)37-20-8-3-9-21-37/h1-33H. The molecule has 2 aliphatic carbocycles. The van der Waals surface area contributed by atoms with Crippen LogP contribution in [0.1, 0.15) is 22.3 Å². The van der Waals surface area contributed by atoms with Gasteiger partial charge in [-0.3, -0.25) is 0 Å². The maximum atomic E-state index is 5.27. The molecule has 2 aromatic heterocycles. The summed E-state index contributed by atoms with van der Waals surface area (Å²) in [5.74, 6) is 0.716. The van der Waals surface area contributed by atoms with Gasteiger partial charge in [0.25, 0.3) is 0 Å². The van der Waals surface area contributed by atoms with Crippen LogP contribution in [-0.4, -0.2) is 14.5 Å². The lowest BCUT2D eigenvalue weighted by Gasteiger charge is -2.31. The van der Waals surface area contributed by atoms with Gasteiger partial charge in [0.1, 0.15) is 0 Å². The van der Waals surface area contributed by atoms with E-state index in [4.69, 9.17) is 9.97 Å². The average molecular weight is 712 g/mol. The van der Waals surface area contributed by atoms with Crippen molar-refractivity contribution in [3.63, 3.8) is 0 Å². The van der Waals surface area contributed by atoms with E-state index < -0.39 is 5.41 Å². The number of nitrogens with zero attached hydrogens (tertiary/aromatic N) is 3. The lowest BCUT2D eigenvalue weighted by Crippen LogP contribution is -2.26. The minimum atomic E-state index is -0.530. The van der Waals surface area contributed by atoms with Crippen LogP contribution in [0.25, 0.3) is 83.6 Å². The zero-order valence-corrected chi connectivity index (χ0v) is 30.4. The van der Waals surface area contributed by atoms with Crippen molar-refractivity contribution in [3.05, 3.63) is 222 Å². The fourth-order valence-corrected chi connectivity index (χ4v) is 9.68. The van der Waals surface area contributed by atoms with Gasteiger partial charge >= 0.3 is 0 Å². The minimum Gasteiger partial charge on any atom is -0.309 e. The molecular weight excluding hydrogens is 679 g/mol. The van der Waals surface area contributed by atoms with E-state index >= 15 is 0 Å². The molecule has 56 heavy (non-hydrogen) atoms. The van der Waals surface area contributed by atoms with Crippen LogP contribution < -0.4 is 0 Å². The largest absolute Gasteiger partial charge is 0.309 e. The number of hydrogen-bond donors (Lipinski definition) is 0. The molecule has 2 heterocycles. The van der Waals surface area contributed by atoms with Crippen LogP contribution in [-0.2, 0) is 5.41 Å². The lowest BCUT2D eigenvalue weighted by atomic mass is 9.70. The van der Waals surface area contributed by atoms with Crippen molar-refractivity contribution < 1.29 is 0 Å². The van der Waals surface area contributed by atoms with E-state index in [2.05, 4.69) is 180 Å². The molecule has 1 spiro atoms. The summed E-state index contributed by atoms with van der Waals surface area (Å²) in [4.78, 5) is 10.4. The molecule has 8 aromatic carbocycles. The first-order valence-corrected chi connectivity index (χ1v) is 19.2. The highest BCUT2D eigenvalue weighted by molar-refractivity contribution is 6.12. The van der Waals surface area contributed by atoms with Gasteiger partial charge in [0.15, 0.2) is 5.82 Å². The highest BCUT2D eigenvalue weighted by Crippen LogP contribution is 2.63. The SMILES string of the molecule is c1ccc(-c2cc(-c3ccc4c(c3)C3(c5ccccc5-4)c4ccccc4-c4cc5c6ccccc6n(-c6ccccc6)c5cc43)nc(-c3ccccc3)n2)cc1. The minimum absolute atomic E-state index is 0.530. The van der Waals surface area contributed by atoms with Gasteiger partial charge in [0.2, 0.25) is 0 Å². The molecule has 2 aliphatic rings. The van der Waals surface area contributed by atoms with Gasteiger partial charge in [0.05, 0.1) is 27.8 Å². The second kappa shape index (κ2) is 11.8.